The lowest BCUT2D eigenvalue weighted by Crippen LogP contribution is -2.57. The number of likely N-dealkylation sites (N-methyl/N-ethyl adjacent to an activating group) is 1. The number of ether oxygens (including phenoxy) is 1. The van der Waals surface area contributed by atoms with Gasteiger partial charge in [-0.3, -0.25) is 4.79 Å². The number of hydrogen-bond acceptors (Lipinski definition) is 4. The summed E-state index contributed by atoms with van der Waals surface area (Å²) in [7, 11) is 3.35. The maximum atomic E-state index is 12.0. The average molecular weight is 256 g/mol. The Balaban J connectivity index is 2.77. The van der Waals surface area contributed by atoms with Gasteiger partial charge in [-0.05, 0) is 52.2 Å². The lowest BCUT2D eigenvalue weighted by Gasteiger charge is -2.42. The molecule has 1 N–H and O–H groups in total. The van der Waals surface area contributed by atoms with E-state index in [2.05, 4.69) is 24.1 Å². The van der Waals surface area contributed by atoms with Crippen molar-refractivity contribution in [2.45, 2.75) is 57.5 Å². The molecule has 0 saturated heterocycles. The quantitative estimate of drug-likeness (QED) is 0.736. The largest absolute Gasteiger partial charge is 0.468 e. The fourth-order valence-corrected chi connectivity index (χ4v) is 3.15. The number of esters is 1. The molecule has 2 unspecified atom stereocenters. The van der Waals surface area contributed by atoms with Gasteiger partial charge in [-0.25, -0.2) is 0 Å². The van der Waals surface area contributed by atoms with Gasteiger partial charge in [0.1, 0.15) is 5.54 Å². The second-order valence-corrected chi connectivity index (χ2v) is 5.20. The Morgan fingerprint density at radius 3 is 2.72 bits per heavy atom. The van der Waals surface area contributed by atoms with Gasteiger partial charge in [0.25, 0.3) is 0 Å². The molecular weight excluding hydrogens is 228 g/mol. The third-order valence-electron chi connectivity index (χ3n) is 4.21. The third kappa shape index (κ3) is 3.23. The van der Waals surface area contributed by atoms with Gasteiger partial charge in [-0.15, -0.1) is 0 Å². The topological polar surface area (TPSA) is 41.6 Å². The van der Waals surface area contributed by atoms with Crippen molar-refractivity contribution in [3.8, 4) is 0 Å². The van der Waals surface area contributed by atoms with E-state index in [0.717, 1.165) is 38.8 Å². The first-order valence-corrected chi connectivity index (χ1v) is 7.14. The molecule has 1 rings (SSSR count). The van der Waals surface area contributed by atoms with Crippen LogP contribution >= 0.6 is 0 Å². The molecule has 106 valence electrons. The molecule has 1 aliphatic carbocycles. The lowest BCUT2D eigenvalue weighted by atomic mass is 9.78. The van der Waals surface area contributed by atoms with Crippen LogP contribution in [-0.2, 0) is 9.53 Å². The van der Waals surface area contributed by atoms with Crippen LogP contribution in [0.5, 0.6) is 0 Å². The molecule has 0 bridgehead atoms. The highest BCUT2D eigenvalue weighted by Crippen LogP contribution is 2.32. The van der Waals surface area contributed by atoms with Crippen LogP contribution < -0.4 is 5.32 Å². The first-order valence-electron chi connectivity index (χ1n) is 7.14. The number of hydrogen-bond donors (Lipinski definition) is 1. The molecular formula is C14H28N2O2. The molecule has 2 atom stereocenters. The van der Waals surface area contributed by atoms with Crippen molar-refractivity contribution in [3.05, 3.63) is 0 Å². The summed E-state index contributed by atoms with van der Waals surface area (Å²) in [5.41, 5.74) is -0.473. The van der Waals surface area contributed by atoms with Crippen molar-refractivity contribution in [1.82, 2.24) is 10.2 Å². The Kier molecular flexibility index (Phi) is 6.09. The number of carbonyl (C=O) groups excluding carboxylic acids is 1. The van der Waals surface area contributed by atoms with E-state index in [0.29, 0.717) is 6.04 Å². The molecule has 0 heterocycles. The SMILES string of the molecule is CCCN(CC)C1CCCC(NC)(C(=O)OC)C1. The van der Waals surface area contributed by atoms with Gasteiger partial charge in [-0.1, -0.05) is 13.8 Å². The summed E-state index contributed by atoms with van der Waals surface area (Å²) in [6.07, 6.45) is 5.19. The van der Waals surface area contributed by atoms with Gasteiger partial charge in [0.05, 0.1) is 7.11 Å². The molecule has 0 aromatic carbocycles. The molecule has 0 aliphatic heterocycles. The van der Waals surface area contributed by atoms with Gasteiger partial charge in [0.2, 0.25) is 0 Å². The van der Waals surface area contributed by atoms with Gasteiger partial charge < -0.3 is 15.0 Å². The van der Waals surface area contributed by atoms with Crippen LogP contribution in [0.3, 0.4) is 0 Å². The summed E-state index contributed by atoms with van der Waals surface area (Å²) in [5, 5.41) is 3.22. The van der Waals surface area contributed by atoms with E-state index in [9.17, 15) is 4.79 Å². The zero-order chi connectivity index (χ0) is 13.6. The Morgan fingerprint density at radius 1 is 1.50 bits per heavy atom. The zero-order valence-electron chi connectivity index (χ0n) is 12.3. The van der Waals surface area contributed by atoms with Crippen molar-refractivity contribution in [1.29, 1.82) is 0 Å². The Morgan fingerprint density at radius 2 is 2.22 bits per heavy atom. The van der Waals surface area contributed by atoms with E-state index in [1.54, 1.807) is 0 Å². The molecule has 1 saturated carbocycles. The average Bonchev–Trinajstić information content (AvgIpc) is 2.43. The van der Waals surface area contributed by atoms with Crippen LogP contribution in [0.25, 0.3) is 0 Å². The Labute approximate surface area is 111 Å². The van der Waals surface area contributed by atoms with Crippen molar-refractivity contribution in [2.24, 2.45) is 0 Å². The van der Waals surface area contributed by atoms with E-state index in [-0.39, 0.29) is 5.97 Å². The normalized spacial score (nSPS) is 28.4. The maximum absolute atomic E-state index is 12.0. The highest BCUT2D eigenvalue weighted by molar-refractivity contribution is 5.81. The van der Waals surface area contributed by atoms with Gasteiger partial charge in [0.15, 0.2) is 0 Å². The standard InChI is InChI=1S/C14H28N2O2/c1-5-10-16(6-2)12-8-7-9-14(11-12,15-3)13(17)18-4/h12,15H,5-11H2,1-4H3. The monoisotopic (exact) mass is 256 g/mol. The van der Waals surface area contributed by atoms with E-state index >= 15 is 0 Å². The molecule has 0 amide bonds. The summed E-state index contributed by atoms with van der Waals surface area (Å²) in [6.45, 7) is 6.57. The van der Waals surface area contributed by atoms with E-state index in [1.807, 2.05) is 7.05 Å². The molecule has 1 fully saturated rings. The van der Waals surface area contributed by atoms with E-state index in [1.165, 1.54) is 13.5 Å². The fraction of sp³-hybridized carbons (Fsp3) is 0.929. The molecule has 1 aliphatic rings. The Hall–Kier alpha value is -0.610. The highest BCUT2D eigenvalue weighted by atomic mass is 16.5. The molecule has 18 heavy (non-hydrogen) atoms. The summed E-state index contributed by atoms with van der Waals surface area (Å²) in [6, 6.07) is 0.496. The number of rotatable bonds is 6. The Bertz CT molecular complexity index is 271. The second-order valence-electron chi connectivity index (χ2n) is 5.20. The molecule has 0 spiro atoms. The van der Waals surface area contributed by atoms with Gasteiger partial charge in [-0.2, -0.15) is 0 Å². The predicted octanol–water partition coefficient (Wildman–Crippen LogP) is 1.79. The fourth-order valence-electron chi connectivity index (χ4n) is 3.15. The van der Waals surface area contributed by atoms with Crippen molar-refractivity contribution in [2.75, 3.05) is 27.2 Å². The summed E-state index contributed by atoms with van der Waals surface area (Å²) >= 11 is 0. The van der Waals surface area contributed by atoms with Crippen molar-refractivity contribution < 1.29 is 9.53 Å². The van der Waals surface area contributed by atoms with Crippen LogP contribution in [0.4, 0.5) is 0 Å². The molecule has 4 nitrogen and oxygen atoms in total. The molecule has 0 radical (unpaired) electrons. The minimum absolute atomic E-state index is 0.109. The lowest BCUT2D eigenvalue weighted by molar-refractivity contribution is -0.151. The first-order chi connectivity index (χ1) is 8.63. The number of nitrogens with one attached hydrogen (secondary N) is 1. The minimum Gasteiger partial charge on any atom is -0.468 e. The smallest absolute Gasteiger partial charge is 0.326 e. The third-order valence-corrected chi connectivity index (χ3v) is 4.21. The number of methoxy groups -OCH3 is 1. The highest BCUT2D eigenvalue weighted by Gasteiger charge is 2.43. The van der Waals surface area contributed by atoms with Crippen molar-refractivity contribution >= 4 is 5.97 Å². The van der Waals surface area contributed by atoms with Crippen molar-refractivity contribution in [3.63, 3.8) is 0 Å². The second kappa shape index (κ2) is 7.10. The van der Waals surface area contributed by atoms with Crippen LogP contribution in [0.15, 0.2) is 0 Å². The minimum atomic E-state index is -0.473. The maximum Gasteiger partial charge on any atom is 0.326 e. The van der Waals surface area contributed by atoms with Crippen LogP contribution in [0.1, 0.15) is 46.0 Å². The molecule has 0 aromatic rings. The van der Waals surface area contributed by atoms with Crippen LogP contribution in [-0.4, -0.2) is 49.7 Å². The predicted molar refractivity (Wildman–Crippen MR) is 73.6 cm³/mol. The first kappa shape index (κ1) is 15.4. The zero-order valence-corrected chi connectivity index (χ0v) is 12.3. The van der Waals surface area contributed by atoms with Gasteiger partial charge in [0, 0.05) is 6.04 Å². The number of carbonyl (C=O) groups is 1. The summed E-state index contributed by atoms with van der Waals surface area (Å²) in [4.78, 5) is 14.5. The van der Waals surface area contributed by atoms with Crippen LogP contribution in [0, 0.1) is 0 Å². The van der Waals surface area contributed by atoms with Crippen LogP contribution in [0.2, 0.25) is 0 Å². The van der Waals surface area contributed by atoms with Gasteiger partial charge >= 0.3 is 5.97 Å². The van der Waals surface area contributed by atoms with E-state index in [4.69, 9.17) is 4.74 Å². The summed E-state index contributed by atoms with van der Waals surface area (Å²) in [5.74, 6) is -0.109. The van der Waals surface area contributed by atoms with E-state index < -0.39 is 5.54 Å². The number of nitrogens with zero attached hydrogens (tertiary/aromatic N) is 1. The summed E-state index contributed by atoms with van der Waals surface area (Å²) < 4.78 is 4.99. The molecule has 4 heteroatoms. The molecule has 0 aromatic heterocycles.